The Hall–Kier alpha value is -0.640. The van der Waals surface area contributed by atoms with E-state index < -0.39 is 10.8 Å². The Balaban J connectivity index is 4.41. The normalized spacial score (nSPS) is 14.5. The maximum absolute atomic E-state index is 10.9. The van der Waals surface area contributed by atoms with E-state index >= 15 is 0 Å². The summed E-state index contributed by atoms with van der Waals surface area (Å²) in [5.41, 5.74) is 0. The topological polar surface area (TPSA) is 32.7 Å². The minimum Gasteiger partial charge on any atom is -0.355 e. The quantitative estimate of drug-likeness (QED) is 0.411. The molecule has 0 aliphatic carbocycles. The largest absolute Gasteiger partial charge is 0.355 e. The summed E-state index contributed by atoms with van der Waals surface area (Å²) in [5, 5.41) is 0.537. The van der Waals surface area contributed by atoms with Crippen molar-refractivity contribution in [1.82, 2.24) is 4.90 Å². The molecule has 0 aliphatic rings. The maximum atomic E-state index is 10.9. The van der Waals surface area contributed by atoms with Crippen molar-refractivity contribution >= 4 is 16.0 Å². The van der Waals surface area contributed by atoms with Crippen LogP contribution in [0.3, 0.4) is 0 Å². The number of hydrogen-bond donors (Lipinski definition) is 0. The van der Waals surface area contributed by atoms with Gasteiger partial charge in [-0.1, -0.05) is 6.58 Å². The van der Waals surface area contributed by atoms with E-state index in [1.165, 1.54) is 6.20 Å². The maximum Gasteiger partial charge on any atom is 0.193 e. The Morgan fingerprint density at radius 2 is 2.20 bits per heavy atom. The van der Waals surface area contributed by atoms with Crippen molar-refractivity contribution in [2.75, 3.05) is 20.4 Å². The fraction of sp³-hybridized carbons (Fsp3) is 0.500. The van der Waals surface area contributed by atoms with Crippen molar-refractivity contribution < 1.29 is 4.21 Å². The first kappa shape index (κ1) is 9.36. The predicted molar refractivity (Wildman–Crippen MR) is 45.4 cm³/mol. The van der Waals surface area contributed by atoms with Crippen molar-refractivity contribution in [3.05, 3.63) is 12.8 Å². The summed E-state index contributed by atoms with van der Waals surface area (Å²) in [6, 6.07) is 0. The van der Waals surface area contributed by atoms with Crippen LogP contribution in [-0.2, 0) is 10.8 Å². The number of aliphatic imine (C=N–C) groups is 1. The van der Waals surface area contributed by atoms with Crippen molar-refractivity contribution in [1.29, 1.82) is 0 Å². The molecule has 0 aromatic rings. The summed E-state index contributed by atoms with van der Waals surface area (Å²) in [4.78, 5) is 5.54. The van der Waals surface area contributed by atoms with Crippen LogP contribution in [0.5, 0.6) is 0 Å². The summed E-state index contributed by atoms with van der Waals surface area (Å²) in [6.07, 6.45) is 2.97. The van der Waals surface area contributed by atoms with Crippen LogP contribution in [-0.4, -0.2) is 34.6 Å². The summed E-state index contributed by atoms with van der Waals surface area (Å²) in [5.74, 6) is 0. The van der Waals surface area contributed by atoms with Gasteiger partial charge in [-0.05, 0) is 0 Å². The molecular weight excluding hydrogens is 148 g/mol. The molecular formula is C6H12N2OS. The van der Waals surface area contributed by atoms with Crippen LogP contribution >= 0.6 is 0 Å². The standard InChI is InChI=1S/C6H12N2OS/c1-5-7-6(8(2)3)10(4)9/h5H,1H2,2-4H3. The molecule has 0 spiro atoms. The SMILES string of the molecule is C=CN=C(N(C)C)S(C)=O. The molecule has 0 heterocycles. The lowest BCUT2D eigenvalue weighted by Gasteiger charge is -2.11. The van der Waals surface area contributed by atoms with Gasteiger partial charge < -0.3 is 4.90 Å². The highest BCUT2D eigenvalue weighted by atomic mass is 32.2. The Kier molecular flexibility index (Phi) is 3.95. The van der Waals surface area contributed by atoms with Gasteiger partial charge in [-0.2, -0.15) is 0 Å². The van der Waals surface area contributed by atoms with Gasteiger partial charge >= 0.3 is 0 Å². The number of nitrogens with zero attached hydrogens (tertiary/aromatic N) is 2. The highest BCUT2D eigenvalue weighted by molar-refractivity contribution is 7.99. The van der Waals surface area contributed by atoms with Gasteiger partial charge in [0, 0.05) is 26.6 Å². The van der Waals surface area contributed by atoms with Crippen molar-refractivity contribution in [3.63, 3.8) is 0 Å². The lowest BCUT2D eigenvalue weighted by Crippen LogP contribution is -2.25. The lowest BCUT2D eigenvalue weighted by atomic mass is 10.9. The predicted octanol–water partition coefficient (Wildman–Crippen LogP) is 0.426. The van der Waals surface area contributed by atoms with Crippen LogP contribution in [0.4, 0.5) is 0 Å². The van der Waals surface area contributed by atoms with Crippen molar-refractivity contribution in [2.45, 2.75) is 0 Å². The van der Waals surface area contributed by atoms with E-state index in [1.54, 1.807) is 25.3 Å². The average Bonchev–Trinajstić information content (AvgIpc) is 1.81. The molecule has 1 unspecified atom stereocenters. The van der Waals surface area contributed by atoms with Gasteiger partial charge in [-0.25, -0.2) is 4.99 Å². The van der Waals surface area contributed by atoms with E-state index in [-0.39, 0.29) is 0 Å². The minimum absolute atomic E-state index is 0.537. The lowest BCUT2D eigenvalue weighted by molar-refractivity contribution is 0.628. The van der Waals surface area contributed by atoms with Gasteiger partial charge in [0.05, 0.1) is 10.8 Å². The molecule has 0 bridgehead atoms. The molecule has 0 amide bonds. The van der Waals surface area contributed by atoms with Gasteiger partial charge in [0.1, 0.15) is 0 Å². The van der Waals surface area contributed by atoms with E-state index in [1.807, 2.05) is 0 Å². The van der Waals surface area contributed by atoms with Crippen molar-refractivity contribution in [2.24, 2.45) is 4.99 Å². The zero-order valence-electron chi connectivity index (χ0n) is 6.50. The second-order valence-corrected chi connectivity index (χ2v) is 3.22. The molecule has 0 saturated carbocycles. The Morgan fingerprint density at radius 3 is 2.30 bits per heavy atom. The van der Waals surface area contributed by atoms with Crippen LogP contribution in [0, 0.1) is 0 Å². The van der Waals surface area contributed by atoms with Crippen LogP contribution in [0.2, 0.25) is 0 Å². The third kappa shape index (κ3) is 2.77. The Morgan fingerprint density at radius 1 is 1.70 bits per heavy atom. The van der Waals surface area contributed by atoms with Crippen LogP contribution in [0.15, 0.2) is 17.8 Å². The van der Waals surface area contributed by atoms with Gasteiger partial charge in [0.15, 0.2) is 5.17 Å². The van der Waals surface area contributed by atoms with Crippen molar-refractivity contribution in [3.8, 4) is 0 Å². The summed E-state index contributed by atoms with van der Waals surface area (Å²) in [7, 11) is 2.56. The number of amidine groups is 1. The molecule has 4 heteroatoms. The molecule has 0 saturated heterocycles. The molecule has 0 aliphatic heterocycles. The highest BCUT2D eigenvalue weighted by Crippen LogP contribution is 1.88. The van der Waals surface area contributed by atoms with E-state index in [0.29, 0.717) is 5.17 Å². The molecule has 0 fully saturated rings. The molecule has 3 nitrogen and oxygen atoms in total. The first-order chi connectivity index (χ1) is 4.59. The molecule has 0 N–H and O–H groups in total. The summed E-state index contributed by atoms with van der Waals surface area (Å²) >= 11 is 0. The van der Waals surface area contributed by atoms with Gasteiger partial charge in [-0.3, -0.25) is 4.21 Å². The van der Waals surface area contributed by atoms with Gasteiger partial charge in [0.2, 0.25) is 0 Å². The molecule has 58 valence electrons. The Labute approximate surface area is 63.9 Å². The van der Waals surface area contributed by atoms with E-state index in [0.717, 1.165) is 0 Å². The van der Waals surface area contributed by atoms with E-state index in [2.05, 4.69) is 11.6 Å². The molecule has 10 heavy (non-hydrogen) atoms. The zero-order valence-corrected chi connectivity index (χ0v) is 7.31. The monoisotopic (exact) mass is 160 g/mol. The van der Waals surface area contributed by atoms with Crippen LogP contribution in [0.25, 0.3) is 0 Å². The average molecular weight is 160 g/mol. The number of hydrogen-bond acceptors (Lipinski definition) is 2. The van der Waals surface area contributed by atoms with E-state index in [4.69, 9.17) is 0 Å². The first-order valence-electron chi connectivity index (χ1n) is 2.79. The van der Waals surface area contributed by atoms with Crippen LogP contribution in [0.1, 0.15) is 0 Å². The zero-order chi connectivity index (χ0) is 8.15. The van der Waals surface area contributed by atoms with Gasteiger partial charge in [0.25, 0.3) is 0 Å². The molecule has 1 atom stereocenters. The molecule has 0 rings (SSSR count). The second kappa shape index (κ2) is 4.22. The summed E-state index contributed by atoms with van der Waals surface area (Å²) in [6.45, 7) is 3.42. The fourth-order valence-corrected chi connectivity index (χ4v) is 1.26. The minimum atomic E-state index is -1.03. The van der Waals surface area contributed by atoms with E-state index in [9.17, 15) is 4.21 Å². The third-order valence-corrected chi connectivity index (χ3v) is 1.83. The highest BCUT2D eigenvalue weighted by Gasteiger charge is 2.03. The molecule has 0 radical (unpaired) electrons. The third-order valence-electron chi connectivity index (χ3n) is 0.841. The smallest absolute Gasteiger partial charge is 0.193 e. The summed E-state index contributed by atoms with van der Waals surface area (Å²) < 4.78 is 10.9. The van der Waals surface area contributed by atoms with Crippen LogP contribution < -0.4 is 0 Å². The Bertz CT molecular complexity index is 175. The molecule has 0 aromatic carbocycles. The molecule has 0 aromatic heterocycles. The van der Waals surface area contributed by atoms with Gasteiger partial charge in [-0.15, -0.1) is 0 Å². The fourth-order valence-electron chi connectivity index (χ4n) is 0.525. The second-order valence-electron chi connectivity index (χ2n) is 1.94. The number of rotatable bonds is 1. The first-order valence-corrected chi connectivity index (χ1v) is 4.35.